The summed E-state index contributed by atoms with van der Waals surface area (Å²) in [4.78, 5) is 26.5. The second kappa shape index (κ2) is 10.4. The van der Waals surface area contributed by atoms with E-state index in [4.69, 9.17) is 5.11 Å². The molecule has 6 nitrogen and oxygen atoms in total. The first-order chi connectivity index (χ1) is 11.5. The lowest BCUT2D eigenvalue weighted by Gasteiger charge is -2.37. The summed E-state index contributed by atoms with van der Waals surface area (Å²) >= 11 is 0. The number of benzene rings is 1. The molecule has 25 heavy (non-hydrogen) atoms. The van der Waals surface area contributed by atoms with E-state index >= 15 is 0 Å². The molecule has 0 aliphatic carbocycles. The molecule has 1 heterocycles. The Morgan fingerprint density at radius 3 is 2.56 bits per heavy atom. The molecular formula is C18H28ClN3O3. The number of likely N-dealkylation sites (tertiary alicyclic amines) is 1. The molecule has 1 amide bonds. The van der Waals surface area contributed by atoms with Gasteiger partial charge >= 0.3 is 5.97 Å². The van der Waals surface area contributed by atoms with E-state index in [1.165, 1.54) is 12.5 Å². The zero-order valence-corrected chi connectivity index (χ0v) is 15.7. The molecule has 1 aliphatic rings. The third-order valence-corrected chi connectivity index (χ3v) is 4.47. The fourth-order valence-electron chi connectivity index (χ4n) is 3.32. The number of halogens is 1. The SMILES string of the molecule is CCN(CC(=O)O)C1CCN(Cc2cccc(NC(C)=O)c2)CC1.Cl. The second-order valence-electron chi connectivity index (χ2n) is 6.35. The first kappa shape index (κ1) is 21.4. The highest BCUT2D eigenvalue weighted by Crippen LogP contribution is 2.19. The van der Waals surface area contributed by atoms with E-state index in [1.807, 2.05) is 25.1 Å². The van der Waals surface area contributed by atoms with E-state index in [-0.39, 0.29) is 24.9 Å². The number of rotatable bonds is 7. The Labute approximate surface area is 155 Å². The maximum Gasteiger partial charge on any atom is 0.317 e. The smallest absolute Gasteiger partial charge is 0.317 e. The quantitative estimate of drug-likeness (QED) is 0.772. The minimum Gasteiger partial charge on any atom is -0.480 e. The van der Waals surface area contributed by atoms with Gasteiger partial charge in [0, 0.05) is 25.2 Å². The molecule has 0 bridgehead atoms. The van der Waals surface area contributed by atoms with Crippen molar-refractivity contribution in [2.24, 2.45) is 0 Å². The topological polar surface area (TPSA) is 72.9 Å². The number of amides is 1. The third-order valence-electron chi connectivity index (χ3n) is 4.47. The molecule has 1 fully saturated rings. The number of hydrogen-bond acceptors (Lipinski definition) is 4. The van der Waals surface area contributed by atoms with Crippen LogP contribution in [0.2, 0.25) is 0 Å². The molecule has 0 saturated carbocycles. The van der Waals surface area contributed by atoms with Gasteiger partial charge in [-0.15, -0.1) is 12.4 Å². The van der Waals surface area contributed by atoms with Gasteiger partial charge in [-0.25, -0.2) is 0 Å². The van der Waals surface area contributed by atoms with E-state index < -0.39 is 5.97 Å². The third kappa shape index (κ3) is 7.02. The first-order valence-corrected chi connectivity index (χ1v) is 8.52. The van der Waals surface area contributed by atoms with Gasteiger partial charge in [0.2, 0.25) is 5.91 Å². The largest absolute Gasteiger partial charge is 0.480 e. The maximum absolute atomic E-state index is 11.2. The van der Waals surface area contributed by atoms with Crippen LogP contribution in [0.5, 0.6) is 0 Å². The Balaban J connectivity index is 0.00000312. The van der Waals surface area contributed by atoms with Crippen LogP contribution in [-0.4, -0.2) is 59.0 Å². The number of likely N-dealkylation sites (N-methyl/N-ethyl adjacent to an activating group) is 1. The lowest BCUT2D eigenvalue weighted by Crippen LogP contribution is -2.46. The van der Waals surface area contributed by atoms with Crippen LogP contribution < -0.4 is 5.32 Å². The van der Waals surface area contributed by atoms with E-state index in [9.17, 15) is 9.59 Å². The number of piperidine rings is 1. The highest BCUT2D eigenvalue weighted by Gasteiger charge is 2.24. The van der Waals surface area contributed by atoms with E-state index in [2.05, 4.69) is 21.2 Å². The van der Waals surface area contributed by atoms with E-state index in [0.717, 1.165) is 44.7 Å². The lowest BCUT2D eigenvalue weighted by molar-refractivity contribution is -0.139. The molecule has 0 radical (unpaired) electrons. The number of carboxylic acid groups (broad SMARTS) is 1. The zero-order valence-electron chi connectivity index (χ0n) is 14.9. The van der Waals surface area contributed by atoms with Crippen molar-refractivity contribution < 1.29 is 14.7 Å². The molecule has 1 aromatic carbocycles. The van der Waals surface area contributed by atoms with Crippen LogP contribution in [0.25, 0.3) is 0 Å². The number of carbonyl (C=O) groups is 2. The van der Waals surface area contributed by atoms with Crippen molar-refractivity contribution in [1.82, 2.24) is 9.80 Å². The average molecular weight is 370 g/mol. The van der Waals surface area contributed by atoms with Gasteiger partial charge in [0.15, 0.2) is 0 Å². The number of nitrogens with zero attached hydrogens (tertiary/aromatic N) is 2. The molecule has 0 unspecified atom stereocenters. The molecule has 1 aromatic rings. The van der Waals surface area contributed by atoms with Crippen molar-refractivity contribution in [2.75, 3.05) is 31.5 Å². The summed E-state index contributed by atoms with van der Waals surface area (Å²) in [5.74, 6) is -0.819. The predicted molar refractivity (Wildman–Crippen MR) is 101 cm³/mol. The lowest BCUT2D eigenvalue weighted by atomic mass is 10.0. The fraction of sp³-hybridized carbons (Fsp3) is 0.556. The van der Waals surface area contributed by atoms with E-state index in [0.29, 0.717) is 6.04 Å². The van der Waals surface area contributed by atoms with Crippen molar-refractivity contribution in [1.29, 1.82) is 0 Å². The van der Waals surface area contributed by atoms with Gasteiger partial charge in [0.05, 0.1) is 6.54 Å². The minimum absolute atomic E-state index is 0. The molecule has 140 valence electrons. The molecule has 0 spiro atoms. The molecule has 7 heteroatoms. The summed E-state index contributed by atoms with van der Waals surface area (Å²) in [6, 6.07) is 8.28. The molecule has 2 rings (SSSR count). The molecule has 0 aromatic heterocycles. The number of nitrogens with one attached hydrogen (secondary N) is 1. The van der Waals surface area contributed by atoms with Crippen molar-refractivity contribution in [3.05, 3.63) is 29.8 Å². The number of carbonyl (C=O) groups excluding carboxylic acids is 1. The van der Waals surface area contributed by atoms with Gasteiger partial charge in [-0.2, -0.15) is 0 Å². The van der Waals surface area contributed by atoms with Gasteiger partial charge in [-0.3, -0.25) is 19.4 Å². The summed E-state index contributed by atoms with van der Waals surface area (Å²) < 4.78 is 0. The molecule has 0 atom stereocenters. The zero-order chi connectivity index (χ0) is 17.5. The highest BCUT2D eigenvalue weighted by atomic mass is 35.5. The normalized spacial score (nSPS) is 15.6. The summed E-state index contributed by atoms with van der Waals surface area (Å²) in [6.07, 6.45) is 1.99. The number of anilines is 1. The number of carboxylic acids is 1. The van der Waals surface area contributed by atoms with Gasteiger partial charge in [-0.1, -0.05) is 19.1 Å². The number of aliphatic carboxylic acids is 1. The predicted octanol–water partition coefficient (Wildman–Crippen LogP) is 2.44. The van der Waals surface area contributed by atoms with Gasteiger partial charge in [0.25, 0.3) is 0 Å². The fourth-order valence-corrected chi connectivity index (χ4v) is 3.32. The molecule has 1 saturated heterocycles. The van der Waals surface area contributed by atoms with Crippen LogP contribution in [0.1, 0.15) is 32.3 Å². The maximum atomic E-state index is 11.2. The van der Waals surface area contributed by atoms with Crippen molar-refractivity contribution in [2.45, 2.75) is 39.3 Å². The van der Waals surface area contributed by atoms with Crippen molar-refractivity contribution >= 4 is 30.0 Å². The Hall–Kier alpha value is -1.63. The monoisotopic (exact) mass is 369 g/mol. The second-order valence-corrected chi connectivity index (χ2v) is 6.35. The van der Waals surface area contributed by atoms with Crippen LogP contribution in [0.4, 0.5) is 5.69 Å². The molecule has 2 N–H and O–H groups in total. The molecule has 1 aliphatic heterocycles. The van der Waals surface area contributed by atoms with Gasteiger partial charge < -0.3 is 10.4 Å². The molecular weight excluding hydrogens is 342 g/mol. The van der Waals surface area contributed by atoms with Crippen LogP contribution in [0, 0.1) is 0 Å². The Bertz CT molecular complexity index is 574. The minimum atomic E-state index is -0.755. The van der Waals surface area contributed by atoms with Crippen LogP contribution >= 0.6 is 12.4 Å². The number of hydrogen-bond donors (Lipinski definition) is 2. The van der Waals surface area contributed by atoms with Gasteiger partial charge in [-0.05, 0) is 50.2 Å². The summed E-state index contributed by atoms with van der Waals surface area (Å²) in [7, 11) is 0. The Kier molecular flexibility index (Phi) is 8.89. The van der Waals surface area contributed by atoms with Crippen LogP contribution in [-0.2, 0) is 16.1 Å². The standard InChI is InChI=1S/C18H27N3O3.ClH/c1-3-21(13-18(23)24)17-7-9-20(10-8-17)12-15-5-4-6-16(11-15)19-14(2)22;/h4-6,11,17H,3,7-10,12-13H2,1-2H3,(H,19,22)(H,23,24);1H. The summed E-state index contributed by atoms with van der Waals surface area (Å²) in [6.45, 7) is 7.20. The Morgan fingerprint density at radius 1 is 1.32 bits per heavy atom. The average Bonchev–Trinajstić information content (AvgIpc) is 2.53. The highest BCUT2D eigenvalue weighted by molar-refractivity contribution is 5.88. The van der Waals surface area contributed by atoms with E-state index in [1.54, 1.807) is 0 Å². The van der Waals surface area contributed by atoms with Crippen LogP contribution in [0.3, 0.4) is 0 Å². The first-order valence-electron chi connectivity index (χ1n) is 8.52. The van der Waals surface area contributed by atoms with Crippen molar-refractivity contribution in [3.8, 4) is 0 Å². The van der Waals surface area contributed by atoms with Gasteiger partial charge in [0.1, 0.15) is 0 Å². The Morgan fingerprint density at radius 2 is 2.00 bits per heavy atom. The van der Waals surface area contributed by atoms with Crippen LogP contribution in [0.15, 0.2) is 24.3 Å². The summed E-state index contributed by atoms with van der Waals surface area (Å²) in [5, 5.41) is 11.8. The summed E-state index contributed by atoms with van der Waals surface area (Å²) in [5.41, 5.74) is 2.01. The van der Waals surface area contributed by atoms with Crippen molar-refractivity contribution in [3.63, 3.8) is 0 Å².